The first-order valence-corrected chi connectivity index (χ1v) is 8.79. The lowest BCUT2D eigenvalue weighted by Crippen LogP contribution is -2.24. The van der Waals surface area contributed by atoms with E-state index in [0.717, 1.165) is 6.07 Å². The summed E-state index contributed by atoms with van der Waals surface area (Å²) in [5, 5.41) is 5.11. The number of benzene rings is 2. The molecule has 0 fully saturated rings. The van der Waals surface area contributed by atoms with Gasteiger partial charge in [0.05, 0.1) is 12.7 Å². The average Bonchev–Trinajstić information content (AvgIpc) is 2.60. The summed E-state index contributed by atoms with van der Waals surface area (Å²) in [5.74, 6) is -1.20. The van der Waals surface area contributed by atoms with Crippen molar-refractivity contribution in [2.75, 3.05) is 7.11 Å². The summed E-state index contributed by atoms with van der Waals surface area (Å²) < 4.78 is 33.2. The summed E-state index contributed by atoms with van der Waals surface area (Å²) in [7, 11) is -2.81. The second-order valence-electron chi connectivity index (χ2n) is 5.19. The molecule has 2 aromatic rings. The number of hydrogen-bond acceptors (Lipinski definition) is 6. The van der Waals surface area contributed by atoms with E-state index in [1.807, 2.05) is 0 Å². The third-order valence-corrected chi connectivity index (χ3v) is 4.35. The highest BCUT2D eigenvalue weighted by Crippen LogP contribution is 2.24. The molecule has 0 bridgehead atoms. The van der Waals surface area contributed by atoms with E-state index in [2.05, 4.69) is 0 Å². The maximum atomic E-state index is 12.2. The number of sulfonamides is 1. The molecule has 0 aromatic heterocycles. The Balaban J connectivity index is 2.22. The average molecular weight is 363 g/mol. The van der Waals surface area contributed by atoms with Crippen LogP contribution in [0.2, 0.25) is 0 Å². The van der Waals surface area contributed by atoms with Gasteiger partial charge >= 0.3 is 5.97 Å². The number of esters is 1. The van der Waals surface area contributed by atoms with Crippen molar-refractivity contribution in [3.05, 3.63) is 59.7 Å². The number of nitrogens with two attached hydrogens (primary N) is 1. The van der Waals surface area contributed by atoms with E-state index in [1.54, 1.807) is 30.3 Å². The number of Topliss-reactive ketones (excluding diaryl/α,β-unsaturated/α-hetero) is 1. The van der Waals surface area contributed by atoms with Crippen LogP contribution in [-0.4, -0.2) is 33.4 Å². The second-order valence-corrected chi connectivity index (χ2v) is 6.72. The molecule has 0 heterocycles. The fourth-order valence-corrected chi connectivity index (χ4v) is 2.87. The maximum absolute atomic E-state index is 12.2. The Morgan fingerprint density at radius 3 is 2.24 bits per heavy atom. The van der Waals surface area contributed by atoms with Gasteiger partial charge in [0.1, 0.15) is 10.6 Å². The lowest BCUT2D eigenvalue weighted by molar-refractivity contribution is 0.0318. The van der Waals surface area contributed by atoms with Crippen LogP contribution in [0.4, 0.5) is 0 Å². The largest absolute Gasteiger partial charge is 0.495 e. The molecule has 2 aromatic carbocycles. The molecular formula is C17H17NO6S. The SMILES string of the molecule is COc1ccc(C(=O)O[C@@H](C)C(=O)c2ccccc2)cc1S(N)(=O)=O. The van der Waals surface area contributed by atoms with Gasteiger partial charge in [0.2, 0.25) is 15.8 Å². The zero-order valence-electron chi connectivity index (χ0n) is 13.6. The monoisotopic (exact) mass is 363 g/mol. The zero-order valence-corrected chi connectivity index (χ0v) is 14.4. The van der Waals surface area contributed by atoms with E-state index in [1.165, 1.54) is 26.2 Å². The van der Waals surface area contributed by atoms with E-state index < -0.39 is 22.1 Å². The standard InChI is InChI=1S/C17H17NO6S/c1-11(16(19)12-6-4-3-5-7-12)24-17(20)13-8-9-14(23-2)15(10-13)25(18,21)22/h3-11H,1-2H3,(H2,18,21,22)/t11-/m0/s1. The number of carbonyl (C=O) groups is 2. The van der Waals surface area contributed by atoms with Gasteiger partial charge in [0.25, 0.3) is 0 Å². The summed E-state index contributed by atoms with van der Waals surface area (Å²) in [6, 6.07) is 12.1. The van der Waals surface area contributed by atoms with Gasteiger partial charge in [0.15, 0.2) is 6.10 Å². The van der Waals surface area contributed by atoms with E-state index >= 15 is 0 Å². The molecule has 7 nitrogen and oxygen atoms in total. The van der Waals surface area contributed by atoms with Gasteiger partial charge in [-0.15, -0.1) is 0 Å². The summed E-state index contributed by atoms with van der Waals surface area (Å²) in [4.78, 5) is 24.1. The van der Waals surface area contributed by atoms with Crippen LogP contribution in [0.25, 0.3) is 0 Å². The van der Waals surface area contributed by atoms with Gasteiger partial charge in [-0.1, -0.05) is 30.3 Å². The number of rotatable bonds is 6. The Morgan fingerprint density at radius 2 is 1.68 bits per heavy atom. The number of hydrogen-bond donors (Lipinski definition) is 1. The number of ether oxygens (including phenoxy) is 2. The molecule has 0 saturated carbocycles. The van der Waals surface area contributed by atoms with E-state index in [9.17, 15) is 18.0 Å². The summed E-state index contributed by atoms with van der Waals surface area (Å²) in [6.07, 6.45) is -1.03. The van der Waals surface area contributed by atoms with Crippen molar-refractivity contribution in [3.8, 4) is 5.75 Å². The topological polar surface area (TPSA) is 113 Å². The van der Waals surface area contributed by atoms with Crippen molar-refractivity contribution in [3.63, 3.8) is 0 Å². The first-order valence-electron chi connectivity index (χ1n) is 7.25. The molecule has 8 heteroatoms. The smallest absolute Gasteiger partial charge is 0.338 e. The highest BCUT2D eigenvalue weighted by atomic mass is 32.2. The highest BCUT2D eigenvalue weighted by molar-refractivity contribution is 7.89. The number of ketones is 1. The van der Waals surface area contributed by atoms with Crippen molar-refractivity contribution in [1.29, 1.82) is 0 Å². The first-order chi connectivity index (χ1) is 11.7. The van der Waals surface area contributed by atoms with Gasteiger partial charge in [-0.05, 0) is 25.1 Å². The number of carbonyl (C=O) groups excluding carboxylic acids is 2. The van der Waals surface area contributed by atoms with Gasteiger partial charge in [0, 0.05) is 5.56 Å². The minimum absolute atomic E-state index is 0.00691. The second kappa shape index (κ2) is 7.45. The molecule has 1 atom stereocenters. The molecule has 0 radical (unpaired) electrons. The highest BCUT2D eigenvalue weighted by Gasteiger charge is 2.23. The quantitative estimate of drug-likeness (QED) is 0.618. The molecule has 2 rings (SSSR count). The molecule has 25 heavy (non-hydrogen) atoms. The lowest BCUT2D eigenvalue weighted by atomic mass is 10.1. The minimum Gasteiger partial charge on any atom is -0.495 e. The van der Waals surface area contributed by atoms with Crippen LogP contribution in [0.5, 0.6) is 5.75 Å². The molecule has 0 saturated heterocycles. The fraction of sp³-hybridized carbons (Fsp3) is 0.176. The molecule has 0 aliphatic heterocycles. The fourth-order valence-electron chi connectivity index (χ4n) is 2.15. The van der Waals surface area contributed by atoms with Crippen LogP contribution in [0.3, 0.4) is 0 Å². The summed E-state index contributed by atoms with van der Waals surface area (Å²) in [5.41, 5.74) is 0.347. The summed E-state index contributed by atoms with van der Waals surface area (Å²) >= 11 is 0. The van der Waals surface area contributed by atoms with Crippen molar-refractivity contribution in [2.45, 2.75) is 17.9 Å². The van der Waals surface area contributed by atoms with Crippen LogP contribution >= 0.6 is 0 Å². The lowest BCUT2D eigenvalue weighted by Gasteiger charge is -2.13. The molecule has 0 aliphatic carbocycles. The molecule has 0 aliphatic rings. The van der Waals surface area contributed by atoms with Gasteiger partial charge in [-0.2, -0.15) is 0 Å². The Bertz CT molecular complexity index is 893. The molecule has 0 unspecified atom stereocenters. The first kappa shape index (κ1) is 18.6. The van der Waals surface area contributed by atoms with Crippen molar-refractivity contribution < 1.29 is 27.5 Å². The van der Waals surface area contributed by atoms with Crippen LogP contribution in [0.15, 0.2) is 53.4 Å². The van der Waals surface area contributed by atoms with Crippen LogP contribution in [0.1, 0.15) is 27.6 Å². The summed E-state index contributed by atoms with van der Waals surface area (Å²) in [6.45, 7) is 1.44. The predicted molar refractivity (Wildman–Crippen MR) is 90.0 cm³/mol. The Hall–Kier alpha value is -2.71. The molecule has 0 spiro atoms. The molecule has 2 N–H and O–H groups in total. The van der Waals surface area contributed by atoms with Gasteiger partial charge in [-0.25, -0.2) is 18.4 Å². The molecule has 132 valence electrons. The van der Waals surface area contributed by atoms with Crippen LogP contribution < -0.4 is 9.88 Å². The van der Waals surface area contributed by atoms with E-state index in [-0.39, 0.29) is 22.0 Å². The van der Waals surface area contributed by atoms with Crippen molar-refractivity contribution in [2.24, 2.45) is 5.14 Å². The van der Waals surface area contributed by atoms with Gasteiger partial charge in [-0.3, -0.25) is 4.79 Å². The zero-order chi connectivity index (χ0) is 18.6. The molecular weight excluding hydrogens is 346 g/mol. The third kappa shape index (κ3) is 4.43. The Labute approximate surface area is 145 Å². The normalized spacial score (nSPS) is 12.3. The Kier molecular flexibility index (Phi) is 5.55. The molecule has 0 amide bonds. The van der Waals surface area contributed by atoms with Crippen molar-refractivity contribution in [1.82, 2.24) is 0 Å². The van der Waals surface area contributed by atoms with Crippen LogP contribution in [0, 0.1) is 0 Å². The predicted octanol–water partition coefficient (Wildman–Crippen LogP) is 1.77. The Morgan fingerprint density at radius 1 is 1.04 bits per heavy atom. The number of primary sulfonamides is 1. The minimum atomic E-state index is -4.09. The van der Waals surface area contributed by atoms with Crippen LogP contribution in [-0.2, 0) is 14.8 Å². The maximum Gasteiger partial charge on any atom is 0.338 e. The van der Waals surface area contributed by atoms with Gasteiger partial charge < -0.3 is 9.47 Å². The third-order valence-electron chi connectivity index (χ3n) is 3.42. The number of methoxy groups -OCH3 is 1. The van der Waals surface area contributed by atoms with Crippen molar-refractivity contribution >= 4 is 21.8 Å². The van der Waals surface area contributed by atoms with E-state index in [0.29, 0.717) is 5.56 Å². The van der Waals surface area contributed by atoms with E-state index in [4.69, 9.17) is 14.6 Å².